The third kappa shape index (κ3) is 5.71. The van der Waals surface area contributed by atoms with Crippen molar-refractivity contribution >= 4 is 0 Å². The van der Waals surface area contributed by atoms with Gasteiger partial charge in [-0.2, -0.15) is 0 Å². The van der Waals surface area contributed by atoms with Crippen molar-refractivity contribution in [3.8, 4) is 5.75 Å². The van der Waals surface area contributed by atoms with Gasteiger partial charge in [0, 0.05) is 6.04 Å². The normalized spacial score (nSPS) is 13.5. The second-order valence-electron chi connectivity index (χ2n) is 5.17. The fourth-order valence-corrected chi connectivity index (χ4v) is 1.39. The third-order valence-corrected chi connectivity index (χ3v) is 2.27. The van der Waals surface area contributed by atoms with Crippen molar-refractivity contribution < 1.29 is 9.47 Å². The number of ether oxygens (including phenoxy) is 2. The van der Waals surface area contributed by atoms with Crippen molar-refractivity contribution in [1.82, 2.24) is 0 Å². The van der Waals surface area contributed by atoms with Crippen molar-refractivity contribution in [2.45, 2.75) is 39.3 Å². The Balaban J connectivity index is 2.39. The minimum Gasteiger partial charge on any atom is -0.491 e. The molecule has 1 aromatic rings. The zero-order chi connectivity index (χ0) is 12.9. The van der Waals surface area contributed by atoms with Gasteiger partial charge in [0.25, 0.3) is 0 Å². The SMILES string of the molecule is CC(N)c1cccc(OCCOC(C)(C)C)c1. The molecule has 1 unspecified atom stereocenters. The number of hydrogen-bond acceptors (Lipinski definition) is 3. The van der Waals surface area contributed by atoms with E-state index in [0.717, 1.165) is 11.3 Å². The predicted octanol–water partition coefficient (Wildman–Crippen LogP) is 2.90. The predicted molar refractivity (Wildman–Crippen MR) is 70.2 cm³/mol. The Morgan fingerprint density at radius 1 is 1.24 bits per heavy atom. The molecule has 0 fully saturated rings. The summed E-state index contributed by atoms with van der Waals surface area (Å²) in [5.41, 5.74) is 6.78. The summed E-state index contributed by atoms with van der Waals surface area (Å²) >= 11 is 0. The molecule has 1 aromatic carbocycles. The molecule has 3 nitrogen and oxygen atoms in total. The molecule has 0 spiro atoms. The van der Waals surface area contributed by atoms with Crippen LogP contribution in [-0.4, -0.2) is 18.8 Å². The minimum atomic E-state index is -0.114. The zero-order valence-corrected chi connectivity index (χ0v) is 11.2. The standard InChI is InChI=1S/C14H23NO2/c1-11(15)12-6-5-7-13(10-12)16-8-9-17-14(2,3)4/h5-7,10-11H,8-9,15H2,1-4H3. The second-order valence-corrected chi connectivity index (χ2v) is 5.17. The summed E-state index contributed by atoms with van der Waals surface area (Å²) in [7, 11) is 0. The van der Waals surface area contributed by atoms with E-state index in [4.69, 9.17) is 15.2 Å². The summed E-state index contributed by atoms with van der Waals surface area (Å²) in [4.78, 5) is 0. The lowest BCUT2D eigenvalue weighted by molar-refractivity contribution is -0.0163. The first-order valence-electron chi connectivity index (χ1n) is 6.01. The van der Waals surface area contributed by atoms with Crippen molar-refractivity contribution in [2.75, 3.05) is 13.2 Å². The maximum atomic E-state index is 5.81. The van der Waals surface area contributed by atoms with E-state index in [9.17, 15) is 0 Å². The van der Waals surface area contributed by atoms with E-state index in [1.165, 1.54) is 0 Å². The van der Waals surface area contributed by atoms with Crippen LogP contribution in [0.2, 0.25) is 0 Å². The lowest BCUT2D eigenvalue weighted by Crippen LogP contribution is -2.22. The van der Waals surface area contributed by atoms with Gasteiger partial charge in [0.1, 0.15) is 12.4 Å². The van der Waals surface area contributed by atoms with E-state index in [0.29, 0.717) is 13.2 Å². The summed E-state index contributed by atoms with van der Waals surface area (Å²) < 4.78 is 11.2. The third-order valence-electron chi connectivity index (χ3n) is 2.27. The molecule has 96 valence electrons. The monoisotopic (exact) mass is 237 g/mol. The zero-order valence-electron chi connectivity index (χ0n) is 11.2. The molecule has 0 radical (unpaired) electrons. The Hall–Kier alpha value is -1.06. The lowest BCUT2D eigenvalue weighted by Gasteiger charge is -2.19. The van der Waals surface area contributed by atoms with Gasteiger partial charge in [-0.1, -0.05) is 12.1 Å². The topological polar surface area (TPSA) is 44.5 Å². The quantitative estimate of drug-likeness (QED) is 0.801. The van der Waals surface area contributed by atoms with Crippen LogP contribution in [0.25, 0.3) is 0 Å². The maximum absolute atomic E-state index is 5.81. The summed E-state index contributed by atoms with van der Waals surface area (Å²) in [6.45, 7) is 9.20. The fraction of sp³-hybridized carbons (Fsp3) is 0.571. The van der Waals surface area contributed by atoms with Gasteiger partial charge in [-0.05, 0) is 45.4 Å². The van der Waals surface area contributed by atoms with Gasteiger partial charge in [-0.3, -0.25) is 0 Å². The Bertz CT molecular complexity index is 342. The van der Waals surface area contributed by atoms with Crippen LogP contribution >= 0.6 is 0 Å². The average molecular weight is 237 g/mol. The van der Waals surface area contributed by atoms with Crippen LogP contribution in [-0.2, 0) is 4.74 Å². The number of rotatable bonds is 5. The molecule has 17 heavy (non-hydrogen) atoms. The summed E-state index contributed by atoms with van der Waals surface area (Å²) in [5, 5.41) is 0. The van der Waals surface area contributed by atoms with Crippen molar-refractivity contribution in [2.24, 2.45) is 5.73 Å². The first-order chi connectivity index (χ1) is 7.88. The van der Waals surface area contributed by atoms with E-state index in [1.807, 2.05) is 52.0 Å². The molecule has 0 aliphatic carbocycles. The van der Waals surface area contributed by atoms with Gasteiger partial charge in [0.05, 0.1) is 12.2 Å². The van der Waals surface area contributed by atoms with E-state index in [2.05, 4.69) is 0 Å². The van der Waals surface area contributed by atoms with E-state index < -0.39 is 0 Å². The molecule has 0 saturated carbocycles. The Morgan fingerprint density at radius 2 is 1.94 bits per heavy atom. The molecule has 1 rings (SSSR count). The molecule has 0 amide bonds. The Morgan fingerprint density at radius 3 is 2.53 bits per heavy atom. The molecule has 0 aliphatic rings. The highest BCUT2D eigenvalue weighted by molar-refractivity contribution is 5.30. The van der Waals surface area contributed by atoms with Crippen LogP contribution in [0.5, 0.6) is 5.75 Å². The molecule has 0 aliphatic heterocycles. The Kier molecular flexibility index (Phi) is 4.97. The van der Waals surface area contributed by atoms with Gasteiger partial charge < -0.3 is 15.2 Å². The number of hydrogen-bond donors (Lipinski definition) is 1. The van der Waals surface area contributed by atoms with Crippen LogP contribution in [0.3, 0.4) is 0 Å². The summed E-state index contributed by atoms with van der Waals surface area (Å²) in [6.07, 6.45) is 0. The summed E-state index contributed by atoms with van der Waals surface area (Å²) in [5.74, 6) is 0.845. The summed E-state index contributed by atoms with van der Waals surface area (Å²) in [6, 6.07) is 7.90. The fourth-order valence-electron chi connectivity index (χ4n) is 1.39. The first kappa shape index (κ1) is 14.0. The number of nitrogens with two attached hydrogens (primary N) is 1. The average Bonchev–Trinajstić information content (AvgIpc) is 2.23. The molecule has 0 heterocycles. The van der Waals surface area contributed by atoms with Gasteiger partial charge >= 0.3 is 0 Å². The largest absolute Gasteiger partial charge is 0.491 e. The Labute approximate surface area is 104 Å². The lowest BCUT2D eigenvalue weighted by atomic mass is 10.1. The van der Waals surface area contributed by atoms with E-state index in [-0.39, 0.29) is 11.6 Å². The molecular weight excluding hydrogens is 214 g/mol. The van der Waals surface area contributed by atoms with Gasteiger partial charge in [0.2, 0.25) is 0 Å². The second kappa shape index (κ2) is 6.03. The molecule has 0 bridgehead atoms. The molecule has 3 heteroatoms. The van der Waals surface area contributed by atoms with E-state index in [1.54, 1.807) is 0 Å². The first-order valence-corrected chi connectivity index (χ1v) is 6.01. The molecule has 0 saturated heterocycles. The molecule has 1 atom stereocenters. The maximum Gasteiger partial charge on any atom is 0.119 e. The van der Waals surface area contributed by atoms with Crippen molar-refractivity contribution in [1.29, 1.82) is 0 Å². The number of benzene rings is 1. The minimum absolute atomic E-state index is 0.0318. The highest BCUT2D eigenvalue weighted by Crippen LogP contribution is 2.17. The van der Waals surface area contributed by atoms with E-state index >= 15 is 0 Å². The van der Waals surface area contributed by atoms with Gasteiger partial charge in [0.15, 0.2) is 0 Å². The molecular formula is C14H23NO2. The van der Waals surface area contributed by atoms with Crippen LogP contribution in [0.4, 0.5) is 0 Å². The van der Waals surface area contributed by atoms with Crippen LogP contribution in [0.15, 0.2) is 24.3 Å². The smallest absolute Gasteiger partial charge is 0.119 e. The highest BCUT2D eigenvalue weighted by Gasteiger charge is 2.09. The molecule has 2 N–H and O–H groups in total. The molecule has 0 aromatic heterocycles. The van der Waals surface area contributed by atoms with Crippen LogP contribution < -0.4 is 10.5 Å². The van der Waals surface area contributed by atoms with Crippen molar-refractivity contribution in [3.63, 3.8) is 0 Å². The van der Waals surface area contributed by atoms with Crippen molar-refractivity contribution in [3.05, 3.63) is 29.8 Å². The van der Waals surface area contributed by atoms with Gasteiger partial charge in [-0.15, -0.1) is 0 Å². The van der Waals surface area contributed by atoms with Crippen LogP contribution in [0, 0.1) is 0 Å². The van der Waals surface area contributed by atoms with Gasteiger partial charge in [-0.25, -0.2) is 0 Å². The van der Waals surface area contributed by atoms with Crippen LogP contribution in [0.1, 0.15) is 39.3 Å². The highest BCUT2D eigenvalue weighted by atomic mass is 16.5.